The van der Waals surface area contributed by atoms with Crippen LogP contribution in [0.15, 0.2) is 24.4 Å². The van der Waals surface area contributed by atoms with Crippen LogP contribution in [0.3, 0.4) is 0 Å². The molecule has 0 aromatic carbocycles. The number of allylic oxidation sites excluding steroid dienone is 2. The Labute approximate surface area is 75.8 Å². The summed E-state index contributed by atoms with van der Waals surface area (Å²) in [6, 6.07) is 0.579. The fraction of sp³-hybridized carbons (Fsp3) is 0.636. The van der Waals surface area contributed by atoms with E-state index in [1.165, 1.54) is 0 Å². The first-order valence-corrected chi connectivity index (χ1v) is 4.70. The molecule has 1 aliphatic heterocycles. The highest BCUT2D eigenvalue weighted by atomic mass is 15.1. The van der Waals surface area contributed by atoms with Gasteiger partial charge in [0.1, 0.15) is 0 Å². The van der Waals surface area contributed by atoms with Crippen LogP contribution in [-0.2, 0) is 0 Å². The first kappa shape index (κ1) is 9.37. The Bertz CT molecular complexity index is 191. The number of hydrogen-bond donors (Lipinski definition) is 0. The summed E-state index contributed by atoms with van der Waals surface area (Å²) in [7, 11) is 2.14. The van der Waals surface area contributed by atoms with E-state index in [9.17, 15) is 0 Å². The maximum absolute atomic E-state index is 2.31. The molecule has 2 unspecified atom stereocenters. The quantitative estimate of drug-likeness (QED) is 0.608. The highest BCUT2D eigenvalue weighted by Crippen LogP contribution is 2.21. The van der Waals surface area contributed by atoms with Crippen molar-refractivity contribution in [2.75, 3.05) is 7.05 Å². The van der Waals surface area contributed by atoms with Crippen molar-refractivity contribution in [3.63, 3.8) is 0 Å². The van der Waals surface area contributed by atoms with Gasteiger partial charge in [-0.05, 0) is 24.1 Å². The number of likely N-dealkylation sites (N-methyl/N-ethyl adjacent to an activating group) is 1. The summed E-state index contributed by atoms with van der Waals surface area (Å²) in [5.41, 5.74) is 0. The maximum atomic E-state index is 2.31. The van der Waals surface area contributed by atoms with Crippen LogP contribution in [0.25, 0.3) is 0 Å². The lowest BCUT2D eigenvalue weighted by Gasteiger charge is -2.33. The normalized spacial score (nSPS) is 25.1. The Hall–Kier alpha value is -0.720. The summed E-state index contributed by atoms with van der Waals surface area (Å²) < 4.78 is 0. The molecule has 0 amide bonds. The van der Waals surface area contributed by atoms with Gasteiger partial charge in [0.2, 0.25) is 0 Å². The molecular formula is C11H19N. The van der Waals surface area contributed by atoms with Crippen molar-refractivity contribution in [3.05, 3.63) is 24.4 Å². The minimum absolute atomic E-state index is 0.579. The topological polar surface area (TPSA) is 3.24 Å². The molecule has 0 N–H and O–H groups in total. The van der Waals surface area contributed by atoms with Gasteiger partial charge >= 0.3 is 0 Å². The van der Waals surface area contributed by atoms with Crippen LogP contribution in [0.5, 0.6) is 0 Å². The minimum Gasteiger partial charge on any atom is -0.374 e. The van der Waals surface area contributed by atoms with E-state index in [0.717, 1.165) is 11.8 Å². The van der Waals surface area contributed by atoms with Crippen LogP contribution in [0, 0.1) is 11.8 Å². The largest absolute Gasteiger partial charge is 0.374 e. The Morgan fingerprint density at radius 3 is 2.33 bits per heavy atom. The Balaban J connectivity index is 2.62. The molecule has 1 rings (SSSR count). The second-order valence-electron chi connectivity index (χ2n) is 3.99. The predicted octanol–water partition coefficient (Wildman–Crippen LogP) is 2.66. The van der Waals surface area contributed by atoms with E-state index in [-0.39, 0.29) is 0 Å². The van der Waals surface area contributed by atoms with Gasteiger partial charge in [0.15, 0.2) is 0 Å². The lowest BCUT2D eigenvalue weighted by molar-refractivity contribution is 0.242. The fourth-order valence-electron chi connectivity index (χ4n) is 1.54. The third-order valence-corrected chi connectivity index (χ3v) is 2.80. The number of rotatable bonds is 2. The lowest BCUT2D eigenvalue weighted by Crippen LogP contribution is -2.35. The van der Waals surface area contributed by atoms with E-state index >= 15 is 0 Å². The third-order valence-electron chi connectivity index (χ3n) is 2.80. The summed E-state index contributed by atoms with van der Waals surface area (Å²) in [6.07, 6.45) is 8.65. The average molecular weight is 165 g/mol. The van der Waals surface area contributed by atoms with E-state index < -0.39 is 0 Å². The third kappa shape index (κ3) is 1.90. The molecular weight excluding hydrogens is 146 g/mol. The fourth-order valence-corrected chi connectivity index (χ4v) is 1.54. The van der Waals surface area contributed by atoms with Gasteiger partial charge in [-0.15, -0.1) is 0 Å². The van der Waals surface area contributed by atoms with Crippen molar-refractivity contribution in [1.82, 2.24) is 4.90 Å². The summed E-state index contributed by atoms with van der Waals surface area (Å²) in [4.78, 5) is 2.28. The van der Waals surface area contributed by atoms with Crippen LogP contribution >= 0.6 is 0 Å². The average Bonchev–Trinajstić information content (AvgIpc) is 2.04. The van der Waals surface area contributed by atoms with Gasteiger partial charge in [0.25, 0.3) is 0 Å². The Morgan fingerprint density at radius 2 is 1.83 bits per heavy atom. The molecule has 0 spiro atoms. The first-order chi connectivity index (χ1) is 5.63. The summed E-state index contributed by atoms with van der Waals surface area (Å²) in [6.45, 7) is 6.88. The first-order valence-electron chi connectivity index (χ1n) is 4.70. The van der Waals surface area contributed by atoms with Crippen LogP contribution in [0.4, 0.5) is 0 Å². The molecule has 0 aromatic heterocycles. The van der Waals surface area contributed by atoms with Gasteiger partial charge in [0, 0.05) is 13.1 Å². The molecule has 0 radical (unpaired) electrons. The molecule has 0 bridgehead atoms. The highest BCUT2D eigenvalue weighted by molar-refractivity contribution is 5.13. The SMILES string of the molecule is CC(C)C(C)C1C=CC=CN1C. The molecule has 1 aliphatic rings. The molecule has 1 nitrogen and oxygen atoms in total. The van der Waals surface area contributed by atoms with Gasteiger partial charge in [0.05, 0.1) is 0 Å². The van der Waals surface area contributed by atoms with E-state index in [2.05, 4.69) is 57.1 Å². The van der Waals surface area contributed by atoms with Crippen molar-refractivity contribution < 1.29 is 0 Å². The number of nitrogens with zero attached hydrogens (tertiary/aromatic N) is 1. The molecule has 0 aromatic rings. The molecule has 12 heavy (non-hydrogen) atoms. The summed E-state index contributed by atoms with van der Waals surface area (Å²) in [5.74, 6) is 1.46. The zero-order chi connectivity index (χ0) is 9.14. The molecule has 0 saturated carbocycles. The Kier molecular flexibility index (Phi) is 2.96. The van der Waals surface area contributed by atoms with Crippen molar-refractivity contribution in [2.45, 2.75) is 26.8 Å². The van der Waals surface area contributed by atoms with E-state index in [4.69, 9.17) is 0 Å². The van der Waals surface area contributed by atoms with Gasteiger partial charge in [-0.25, -0.2) is 0 Å². The maximum Gasteiger partial charge on any atom is 0.0495 e. The van der Waals surface area contributed by atoms with Crippen LogP contribution in [0.1, 0.15) is 20.8 Å². The van der Waals surface area contributed by atoms with Gasteiger partial charge in [-0.3, -0.25) is 0 Å². The molecule has 0 aliphatic carbocycles. The predicted molar refractivity (Wildman–Crippen MR) is 53.8 cm³/mol. The van der Waals surface area contributed by atoms with Crippen molar-refractivity contribution >= 4 is 0 Å². The summed E-state index contributed by atoms with van der Waals surface area (Å²) >= 11 is 0. The molecule has 2 atom stereocenters. The van der Waals surface area contributed by atoms with Crippen LogP contribution in [-0.4, -0.2) is 18.0 Å². The second kappa shape index (κ2) is 3.79. The van der Waals surface area contributed by atoms with Gasteiger partial charge in [-0.2, -0.15) is 0 Å². The summed E-state index contributed by atoms with van der Waals surface area (Å²) in [5, 5.41) is 0. The Morgan fingerprint density at radius 1 is 1.17 bits per heavy atom. The monoisotopic (exact) mass is 165 g/mol. The second-order valence-corrected chi connectivity index (χ2v) is 3.99. The van der Waals surface area contributed by atoms with Gasteiger partial charge in [-0.1, -0.05) is 32.9 Å². The molecule has 0 fully saturated rings. The van der Waals surface area contributed by atoms with Crippen LogP contribution in [0.2, 0.25) is 0 Å². The standard InChI is InChI=1S/C11H19N/c1-9(2)10(3)11-7-5-6-8-12(11)4/h5-11H,1-4H3. The lowest BCUT2D eigenvalue weighted by atomic mass is 9.88. The smallest absolute Gasteiger partial charge is 0.0495 e. The zero-order valence-electron chi connectivity index (χ0n) is 8.49. The van der Waals surface area contributed by atoms with E-state index in [0.29, 0.717) is 6.04 Å². The molecule has 1 heterocycles. The zero-order valence-corrected chi connectivity index (χ0v) is 8.49. The molecule has 1 heteroatoms. The number of hydrogen-bond acceptors (Lipinski definition) is 1. The van der Waals surface area contributed by atoms with E-state index in [1.54, 1.807) is 0 Å². The van der Waals surface area contributed by atoms with E-state index in [1.807, 2.05) is 0 Å². The minimum atomic E-state index is 0.579. The van der Waals surface area contributed by atoms with Crippen molar-refractivity contribution in [3.8, 4) is 0 Å². The highest BCUT2D eigenvalue weighted by Gasteiger charge is 2.20. The molecule has 68 valence electrons. The van der Waals surface area contributed by atoms with Crippen molar-refractivity contribution in [1.29, 1.82) is 0 Å². The van der Waals surface area contributed by atoms with Gasteiger partial charge < -0.3 is 4.90 Å². The van der Waals surface area contributed by atoms with Crippen molar-refractivity contribution in [2.24, 2.45) is 11.8 Å². The van der Waals surface area contributed by atoms with Crippen LogP contribution < -0.4 is 0 Å². The molecule has 0 saturated heterocycles.